The Kier molecular flexibility index (Phi) is 7.79. The van der Waals surface area contributed by atoms with Gasteiger partial charge in [-0.3, -0.25) is 4.79 Å². The summed E-state index contributed by atoms with van der Waals surface area (Å²) in [6.07, 6.45) is 3.68. The molecule has 0 aliphatic carbocycles. The fraction of sp³-hybridized carbons (Fsp3) is 0.226. The predicted octanol–water partition coefficient (Wildman–Crippen LogP) is 6.24. The molecule has 3 N–H and O–H groups in total. The molecule has 0 saturated carbocycles. The van der Waals surface area contributed by atoms with E-state index in [9.17, 15) is 14.5 Å². The summed E-state index contributed by atoms with van der Waals surface area (Å²) < 4.78 is 54.0. The smallest absolute Gasteiger partial charge is 0.305 e. The number of imidazole rings is 1. The Morgan fingerprint density at radius 3 is 2.62 bits per heavy atom. The van der Waals surface area contributed by atoms with Crippen LogP contribution in [0.3, 0.4) is 0 Å². The molecule has 5 rings (SSSR count). The summed E-state index contributed by atoms with van der Waals surface area (Å²) in [7, 11) is -1.67. The van der Waals surface area contributed by atoms with E-state index in [4.69, 9.17) is 9.47 Å². The van der Waals surface area contributed by atoms with Crippen LogP contribution in [0.1, 0.15) is 30.2 Å². The highest BCUT2D eigenvalue weighted by atomic mass is 31.2. The molecule has 0 fully saturated rings. The standard InChI is InChI=1S/C31H30F2N3O5P/c1-31(38,19-7-5-6-18(14-19)8-11-27(37)40-2)26-17-35-30(36-26)22-15-20(9-10-23(22)32)41-28-24(33)16-25-21(12-13-34-25)29(28)42(3,4)39/h5-7,9-10,12-17,34,38H,8,11H2,1-4H3,(H,35,36). The molecule has 0 aliphatic heterocycles. The molecule has 0 radical (unpaired) electrons. The van der Waals surface area contributed by atoms with E-state index >= 15 is 8.78 Å². The van der Waals surface area contributed by atoms with E-state index in [-0.39, 0.29) is 40.6 Å². The third kappa shape index (κ3) is 5.73. The molecule has 0 saturated heterocycles. The number of benzene rings is 3. The average molecular weight is 594 g/mol. The third-order valence-electron chi connectivity index (χ3n) is 7.12. The van der Waals surface area contributed by atoms with Gasteiger partial charge in [0, 0.05) is 29.6 Å². The first-order valence-corrected chi connectivity index (χ1v) is 15.8. The van der Waals surface area contributed by atoms with Gasteiger partial charge in [0.1, 0.15) is 30.1 Å². The van der Waals surface area contributed by atoms with Crippen LogP contribution in [-0.2, 0) is 26.1 Å². The van der Waals surface area contributed by atoms with E-state index in [1.165, 1.54) is 50.9 Å². The van der Waals surface area contributed by atoms with Gasteiger partial charge >= 0.3 is 5.97 Å². The zero-order chi connectivity index (χ0) is 30.2. The molecule has 11 heteroatoms. The van der Waals surface area contributed by atoms with Gasteiger partial charge < -0.3 is 29.1 Å². The highest BCUT2D eigenvalue weighted by Gasteiger charge is 2.29. The highest BCUT2D eigenvalue weighted by Crippen LogP contribution is 2.44. The Bertz CT molecular complexity index is 1840. The van der Waals surface area contributed by atoms with Crippen molar-refractivity contribution < 1.29 is 32.7 Å². The van der Waals surface area contributed by atoms with Crippen LogP contribution in [0.4, 0.5) is 8.78 Å². The molecule has 2 aromatic heterocycles. The zero-order valence-corrected chi connectivity index (χ0v) is 24.4. The minimum absolute atomic E-state index is 0.0299. The predicted molar refractivity (Wildman–Crippen MR) is 157 cm³/mol. The van der Waals surface area contributed by atoms with Crippen molar-refractivity contribution in [2.24, 2.45) is 0 Å². The molecular weight excluding hydrogens is 563 g/mol. The summed E-state index contributed by atoms with van der Waals surface area (Å²) in [5.74, 6) is -1.62. The SMILES string of the molecule is COC(=O)CCc1cccc(C(C)(O)c2cnc(-c3cc(Oc4c(F)cc5[nH]ccc5c4P(C)(C)=O)ccc3F)[nH]2)c1. The number of carbonyl (C=O) groups excluding carboxylic acids is 1. The largest absolute Gasteiger partial charge is 0.469 e. The number of aromatic nitrogens is 3. The van der Waals surface area contributed by atoms with Gasteiger partial charge in [-0.25, -0.2) is 13.8 Å². The van der Waals surface area contributed by atoms with E-state index < -0.39 is 24.4 Å². The number of aryl methyl sites for hydroxylation is 1. The summed E-state index contributed by atoms with van der Waals surface area (Å²) in [6.45, 7) is 4.64. The van der Waals surface area contributed by atoms with Crippen LogP contribution < -0.4 is 10.0 Å². The van der Waals surface area contributed by atoms with Crippen molar-refractivity contribution in [1.29, 1.82) is 0 Å². The summed E-state index contributed by atoms with van der Waals surface area (Å²) in [6, 6.07) is 14.0. The topological polar surface area (TPSA) is 117 Å². The Morgan fingerprint density at radius 2 is 1.88 bits per heavy atom. The van der Waals surface area contributed by atoms with Crippen molar-refractivity contribution in [3.05, 3.63) is 95.4 Å². The number of halogens is 2. The first-order valence-electron chi connectivity index (χ1n) is 13.2. The summed E-state index contributed by atoms with van der Waals surface area (Å²) in [4.78, 5) is 21.8. The molecule has 0 aliphatic rings. The molecule has 2 heterocycles. The summed E-state index contributed by atoms with van der Waals surface area (Å²) in [5, 5.41) is 12.3. The number of nitrogens with one attached hydrogen (secondary N) is 2. The molecule has 218 valence electrons. The fourth-order valence-electron chi connectivity index (χ4n) is 4.87. The number of nitrogens with zero attached hydrogens (tertiary/aromatic N) is 1. The lowest BCUT2D eigenvalue weighted by Gasteiger charge is -2.23. The van der Waals surface area contributed by atoms with Crippen molar-refractivity contribution in [2.45, 2.75) is 25.4 Å². The maximum atomic E-state index is 15.2. The van der Waals surface area contributed by atoms with Gasteiger partial charge in [0.05, 0.1) is 29.9 Å². The average Bonchev–Trinajstić information content (AvgIpc) is 3.63. The second kappa shape index (κ2) is 11.2. The molecule has 0 amide bonds. The Morgan fingerprint density at radius 1 is 1.10 bits per heavy atom. The van der Waals surface area contributed by atoms with Crippen molar-refractivity contribution in [3.8, 4) is 22.9 Å². The molecule has 42 heavy (non-hydrogen) atoms. The van der Waals surface area contributed by atoms with Crippen LogP contribution in [0.2, 0.25) is 0 Å². The zero-order valence-electron chi connectivity index (χ0n) is 23.5. The molecule has 1 atom stereocenters. The molecule has 8 nitrogen and oxygen atoms in total. The van der Waals surface area contributed by atoms with Gasteiger partial charge in [-0.15, -0.1) is 0 Å². The molecule has 5 aromatic rings. The van der Waals surface area contributed by atoms with E-state index in [2.05, 4.69) is 15.0 Å². The Balaban J connectivity index is 1.46. The molecule has 1 unspecified atom stereocenters. The van der Waals surface area contributed by atoms with Crippen molar-refractivity contribution in [2.75, 3.05) is 20.4 Å². The van der Waals surface area contributed by atoms with E-state index in [1.54, 1.807) is 37.4 Å². The maximum Gasteiger partial charge on any atom is 0.305 e. The minimum atomic E-state index is -3.00. The number of rotatable bonds is 9. The monoisotopic (exact) mass is 593 g/mol. The summed E-state index contributed by atoms with van der Waals surface area (Å²) >= 11 is 0. The van der Waals surface area contributed by atoms with Gasteiger partial charge in [-0.05, 0) is 62.1 Å². The van der Waals surface area contributed by atoms with Gasteiger partial charge in [0.25, 0.3) is 0 Å². The van der Waals surface area contributed by atoms with Crippen molar-refractivity contribution in [1.82, 2.24) is 15.0 Å². The normalized spacial score (nSPS) is 13.2. The second-order valence-corrected chi connectivity index (χ2v) is 13.7. The molecular formula is C31H30F2N3O5P. The van der Waals surface area contributed by atoms with E-state index in [1.807, 2.05) is 6.07 Å². The van der Waals surface area contributed by atoms with E-state index in [0.717, 1.165) is 5.56 Å². The van der Waals surface area contributed by atoms with Crippen LogP contribution in [0.15, 0.2) is 67.0 Å². The van der Waals surface area contributed by atoms with Crippen molar-refractivity contribution in [3.63, 3.8) is 0 Å². The lowest BCUT2D eigenvalue weighted by molar-refractivity contribution is -0.140. The van der Waals surface area contributed by atoms with Gasteiger partial charge in [0.2, 0.25) is 0 Å². The first kappa shape index (κ1) is 29.2. The number of hydrogen-bond donors (Lipinski definition) is 3. The number of aromatic amines is 2. The lowest BCUT2D eigenvalue weighted by Crippen LogP contribution is -2.23. The van der Waals surface area contributed by atoms with Gasteiger partial charge in [-0.1, -0.05) is 24.3 Å². The Labute approximate surface area is 241 Å². The number of H-pyrrole nitrogens is 2. The van der Waals surface area contributed by atoms with E-state index in [0.29, 0.717) is 28.6 Å². The third-order valence-corrected chi connectivity index (χ3v) is 8.64. The molecule has 3 aromatic carbocycles. The first-order chi connectivity index (χ1) is 19.9. The number of carbonyl (C=O) groups is 1. The van der Waals surface area contributed by atoms with Crippen LogP contribution >= 0.6 is 7.14 Å². The fourth-order valence-corrected chi connectivity index (χ4v) is 6.29. The number of methoxy groups -OCH3 is 1. The van der Waals surface area contributed by atoms with Crippen LogP contribution in [0.5, 0.6) is 11.5 Å². The van der Waals surface area contributed by atoms with Crippen LogP contribution in [0, 0.1) is 11.6 Å². The van der Waals surface area contributed by atoms with Crippen LogP contribution in [-0.4, -0.2) is 46.5 Å². The Hall–Kier alpha value is -4.27. The number of ether oxygens (including phenoxy) is 2. The van der Waals surface area contributed by atoms with Crippen LogP contribution in [0.25, 0.3) is 22.3 Å². The van der Waals surface area contributed by atoms with Crippen molar-refractivity contribution >= 4 is 29.3 Å². The minimum Gasteiger partial charge on any atom is -0.469 e. The number of aliphatic hydroxyl groups is 1. The number of hydrogen-bond acceptors (Lipinski definition) is 6. The second-order valence-electron chi connectivity index (χ2n) is 10.6. The quantitative estimate of drug-likeness (QED) is 0.138. The molecule has 0 bridgehead atoms. The van der Waals surface area contributed by atoms with Gasteiger partial charge in [-0.2, -0.15) is 0 Å². The summed E-state index contributed by atoms with van der Waals surface area (Å²) in [5.41, 5.74) is 0.679. The highest BCUT2D eigenvalue weighted by molar-refractivity contribution is 7.70. The number of fused-ring (bicyclic) bond motifs is 1. The lowest BCUT2D eigenvalue weighted by atomic mass is 9.91. The number of esters is 1. The van der Waals surface area contributed by atoms with Gasteiger partial charge in [0.15, 0.2) is 11.6 Å². The molecule has 0 spiro atoms. The maximum absolute atomic E-state index is 15.2.